The van der Waals surface area contributed by atoms with Gasteiger partial charge in [-0.3, -0.25) is 38.6 Å². The molecule has 0 aromatic carbocycles. The summed E-state index contributed by atoms with van der Waals surface area (Å²) >= 11 is 0. The Kier molecular flexibility index (Phi) is 45.3. The summed E-state index contributed by atoms with van der Waals surface area (Å²) < 4.78 is 39.9. The van der Waals surface area contributed by atoms with Gasteiger partial charge in [0.05, 0.1) is 51.4 Å². The van der Waals surface area contributed by atoms with Gasteiger partial charge in [-0.25, -0.2) is 4.79 Å². The molecular formula is C61H110N2O14. The van der Waals surface area contributed by atoms with Gasteiger partial charge in [-0.2, -0.15) is 0 Å². The fourth-order valence-corrected chi connectivity index (χ4v) is 9.52. The summed E-state index contributed by atoms with van der Waals surface area (Å²) in [5.41, 5.74) is 0. The summed E-state index contributed by atoms with van der Waals surface area (Å²) in [6.45, 7) is 14.5. The molecule has 77 heavy (non-hydrogen) atoms. The average Bonchev–Trinajstić information content (AvgIpc) is 3.83. The Morgan fingerprint density at radius 1 is 0.364 bits per heavy atom. The van der Waals surface area contributed by atoms with Gasteiger partial charge in [-0.05, 0) is 64.5 Å². The minimum Gasteiger partial charge on any atom is -0.465 e. The second-order valence-corrected chi connectivity index (χ2v) is 21.6. The van der Waals surface area contributed by atoms with E-state index in [1.165, 1.54) is 30.6 Å². The summed E-state index contributed by atoms with van der Waals surface area (Å²) in [7, 11) is 0. The fraction of sp³-hybridized carbons (Fsp3) is 0.885. The van der Waals surface area contributed by atoms with Crippen molar-refractivity contribution in [3.63, 3.8) is 0 Å². The Balaban J connectivity index is 3.10. The summed E-state index contributed by atoms with van der Waals surface area (Å²) in [6, 6.07) is -1.18. The van der Waals surface area contributed by atoms with Crippen molar-refractivity contribution in [1.29, 1.82) is 0 Å². The van der Waals surface area contributed by atoms with E-state index in [9.17, 15) is 33.6 Å². The molecule has 0 aliphatic carbocycles. The molecule has 448 valence electrons. The summed E-state index contributed by atoms with van der Waals surface area (Å²) in [4.78, 5) is 95.8. The highest BCUT2D eigenvalue weighted by atomic mass is 16.6. The van der Waals surface area contributed by atoms with Crippen LogP contribution in [0.2, 0.25) is 0 Å². The summed E-state index contributed by atoms with van der Waals surface area (Å²) in [5, 5.41) is 0. The van der Waals surface area contributed by atoms with Crippen LogP contribution in [0, 0.1) is 11.8 Å². The molecule has 1 aliphatic rings. The monoisotopic (exact) mass is 1090 g/mol. The Bertz CT molecular complexity index is 1380. The largest absolute Gasteiger partial charge is 0.465 e. The zero-order valence-electron chi connectivity index (χ0n) is 49.5. The lowest BCUT2D eigenvalue weighted by Crippen LogP contribution is -2.46. The van der Waals surface area contributed by atoms with E-state index in [0.717, 1.165) is 129 Å². The third kappa shape index (κ3) is 39.1. The highest BCUT2D eigenvalue weighted by molar-refractivity contribution is 5.73. The smallest absolute Gasteiger partial charge is 0.410 e. The first-order chi connectivity index (χ1) is 37.4. The predicted molar refractivity (Wildman–Crippen MR) is 301 cm³/mol. The first-order valence-electron chi connectivity index (χ1n) is 31.0. The number of hydrogen-bond acceptors (Lipinski definition) is 15. The van der Waals surface area contributed by atoms with E-state index in [-0.39, 0.29) is 109 Å². The molecule has 1 rings (SSSR count). The molecule has 0 aromatic heterocycles. The number of unbranched alkanes of at least 4 members (excludes halogenated alkanes) is 20. The molecule has 0 radical (unpaired) electrons. The zero-order chi connectivity index (χ0) is 56.6. The lowest BCUT2D eigenvalue weighted by atomic mass is 10.1. The van der Waals surface area contributed by atoms with Gasteiger partial charge < -0.3 is 33.2 Å². The Morgan fingerprint density at radius 3 is 0.961 bits per heavy atom. The zero-order valence-corrected chi connectivity index (χ0v) is 49.5. The summed E-state index contributed by atoms with van der Waals surface area (Å²) in [5.74, 6) is -3.92. The van der Waals surface area contributed by atoms with Crippen molar-refractivity contribution in [3.8, 4) is 0 Å². The number of hydrogen-bond donors (Lipinski definition) is 0. The molecule has 1 fully saturated rings. The van der Waals surface area contributed by atoms with E-state index < -0.39 is 42.0 Å². The number of nitrogens with zero attached hydrogens (tertiary/aromatic N) is 2. The lowest BCUT2D eigenvalue weighted by molar-refractivity contribution is -0.155. The Hall–Kier alpha value is -3.95. The Labute approximate surface area is 466 Å². The Morgan fingerprint density at radius 2 is 0.662 bits per heavy atom. The van der Waals surface area contributed by atoms with E-state index in [1.54, 1.807) is 0 Å². The number of carbonyl (C=O) groups is 7. The van der Waals surface area contributed by atoms with Gasteiger partial charge in [0.15, 0.2) is 0 Å². The minimum absolute atomic E-state index is 0.111. The van der Waals surface area contributed by atoms with Crippen LogP contribution in [-0.2, 0) is 61.9 Å². The van der Waals surface area contributed by atoms with Gasteiger partial charge in [-0.1, -0.05) is 170 Å². The highest BCUT2D eigenvalue weighted by Crippen LogP contribution is 2.27. The van der Waals surface area contributed by atoms with Crippen LogP contribution in [0.3, 0.4) is 0 Å². The molecule has 16 heteroatoms. The van der Waals surface area contributed by atoms with Crippen LogP contribution in [0.4, 0.5) is 4.79 Å². The molecule has 0 bridgehead atoms. The number of likely N-dealkylation sites (tertiary alicyclic amines) is 1. The van der Waals surface area contributed by atoms with Crippen LogP contribution in [0.1, 0.15) is 260 Å². The van der Waals surface area contributed by atoms with Crippen LogP contribution in [0.15, 0.2) is 0 Å². The highest BCUT2D eigenvalue weighted by Gasteiger charge is 2.40. The molecule has 1 amide bonds. The van der Waals surface area contributed by atoms with Gasteiger partial charge >= 0.3 is 41.9 Å². The topological polar surface area (TPSA) is 191 Å². The third-order valence-corrected chi connectivity index (χ3v) is 14.2. The van der Waals surface area contributed by atoms with Gasteiger partial charge in [0.25, 0.3) is 0 Å². The molecule has 0 N–H and O–H groups in total. The van der Waals surface area contributed by atoms with Gasteiger partial charge in [0, 0.05) is 44.1 Å². The van der Waals surface area contributed by atoms with Gasteiger partial charge in [0.1, 0.15) is 19.8 Å². The van der Waals surface area contributed by atoms with Crippen molar-refractivity contribution in [2.45, 2.75) is 272 Å². The lowest BCUT2D eigenvalue weighted by Gasteiger charge is -2.30. The quantitative estimate of drug-likeness (QED) is 0.0317. The van der Waals surface area contributed by atoms with Crippen LogP contribution < -0.4 is 0 Å². The standard InChI is InChI=1S/C61H110N2O14/c1-7-13-17-21-25-29-33-55(64)72-45-51(46-73-56(65)34-30-26-22-18-14-8-2)43-59(68)76-49-53-37-38-54(63(53)61(70)71-42-41-62(39-11-5)40-12-6)50-77-60(69)44-52(47-74-57(66)35-31-27-23-19-15-9-3)48-75-58(67)36-32-28-24-20-16-10-4/h51-54H,7-50H2,1-6H3/t53-,54-/m0/s1. The molecule has 16 nitrogen and oxygen atoms in total. The van der Waals surface area contributed by atoms with Crippen LogP contribution in [0.5, 0.6) is 0 Å². The van der Waals surface area contributed by atoms with Crippen molar-refractivity contribution in [2.75, 3.05) is 65.9 Å². The van der Waals surface area contributed by atoms with Crippen molar-refractivity contribution < 1.29 is 66.7 Å². The molecule has 0 saturated carbocycles. The fourth-order valence-electron chi connectivity index (χ4n) is 9.52. The maximum Gasteiger partial charge on any atom is 0.410 e. The van der Waals surface area contributed by atoms with Gasteiger partial charge in [-0.15, -0.1) is 0 Å². The van der Waals surface area contributed by atoms with E-state index in [1.807, 2.05) is 0 Å². The van der Waals surface area contributed by atoms with Crippen molar-refractivity contribution in [3.05, 3.63) is 0 Å². The molecule has 1 heterocycles. The van der Waals surface area contributed by atoms with Crippen molar-refractivity contribution in [1.82, 2.24) is 9.80 Å². The molecule has 0 unspecified atom stereocenters. The molecule has 1 saturated heterocycles. The maximum atomic E-state index is 14.0. The SMILES string of the molecule is CCCCCCCCC(=O)OCC(COC(=O)CCCCCCCC)CC(=O)OC[C@@H]1CC[C@@H](COC(=O)CC(COC(=O)CCCCCCCC)COC(=O)CCCCCCCC)N1C(=O)OCCN(CCC)CCC. The van der Waals surface area contributed by atoms with Crippen LogP contribution in [-0.4, -0.2) is 130 Å². The number of ether oxygens (including phenoxy) is 7. The number of rotatable bonds is 51. The molecular weight excluding hydrogens is 985 g/mol. The number of carbonyl (C=O) groups excluding carboxylic acids is 7. The van der Waals surface area contributed by atoms with Crippen LogP contribution >= 0.6 is 0 Å². The molecule has 0 spiro atoms. The third-order valence-electron chi connectivity index (χ3n) is 14.2. The average molecular weight is 1100 g/mol. The number of esters is 6. The van der Waals surface area contributed by atoms with Crippen molar-refractivity contribution in [2.24, 2.45) is 11.8 Å². The second-order valence-electron chi connectivity index (χ2n) is 21.6. The second kappa shape index (κ2) is 49.1. The van der Waals surface area contributed by atoms with E-state index in [4.69, 9.17) is 33.2 Å². The van der Waals surface area contributed by atoms with E-state index in [2.05, 4.69) is 46.4 Å². The summed E-state index contributed by atoms with van der Waals surface area (Å²) in [6.07, 6.45) is 27.4. The maximum absolute atomic E-state index is 14.0. The predicted octanol–water partition coefficient (Wildman–Crippen LogP) is 13.4. The van der Waals surface area contributed by atoms with Crippen molar-refractivity contribution >= 4 is 41.9 Å². The van der Waals surface area contributed by atoms with Crippen LogP contribution in [0.25, 0.3) is 0 Å². The number of amides is 1. The first kappa shape index (κ1) is 71.1. The molecule has 2 atom stereocenters. The first-order valence-corrected chi connectivity index (χ1v) is 31.0. The van der Waals surface area contributed by atoms with Gasteiger partial charge in [0.2, 0.25) is 0 Å². The normalized spacial score (nSPS) is 14.3. The van der Waals surface area contributed by atoms with E-state index in [0.29, 0.717) is 45.1 Å². The molecule has 1 aliphatic heterocycles. The molecule has 0 aromatic rings. The minimum atomic E-state index is -0.632. The van der Waals surface area contributed by atoms with E-state index >= 15 is 0 Å².